The van der Waals surface area contributed by atoms with E-state index < -0.39 is 5.69 Å². The highest BCUT2D eigenvalue weighted by molar-refractivity contribution is 5.95. The maximum absolute atomic E-state index is 13.0. The summed E-state index contributed by atoms with van der Waals surface area (Å²) in [5.74, 6) is 0.750. The fraction of sp³-hybridized carbons (Fsp3) is 0.240. The van der Waals surface area contributed by atoms with Crippen LogP contribution in [0.25, 0.3) is 34.3 Å². The van der Waals surface area contributed by atoms with Crippen LogP contribution in [0.4, 0.5) is 0 Å². The number of nitrogens with one attached hydrogen (secondary N) is 2. The van der Waals surface area contributed by atoms with Crippen LogP contribution in [-0.4, -0.2) is 40.3 Å². The van der Waals surface area contributed by atoms with Gasteiger partial charge in [-0.15, -0.1) is 0 Å². The van der Waals surface area contributed by atoms with Gasteiger partial charge in [0.15, 0.2) is 0 Å². The van der Waals surface area contributed by atoms with Gasteiger partial charge in [0, 0.05) is 41.9 Å². The molecule has 1 aliphatic carbocycles. The Hall–Kier alpha value is -3.91. The summed E-state index contributed by atoms with van der Waals surface area (Å²) in [6.07, 6.45) is 8.26. The topological polar surface area (TPSA) is 102 Å². The molecule has 8 nitrogen and oxygen atoms in total. The number of aromatic nitrogens is 4. The minimum absolute atomic E-state index is 0.0377. The zero-order valence-electron chi connectivity index (χ0n) is 18.4. The average molecular weight is 444 g/mol. The quantitative estimate of drug-likeness (QED) is 0.469. The van der Waals surface area contributed by atoms with Crippen LogP contribution in [0, 0.1) is 0 Å². The predicted molar refractivity (Wildman–Crippen MR) is 127 cm³/mol. The van der Waals surface area contributed by atoms with Crippen LogP contribution in [0.1, 0.15) is 17.9 Å². The number of fused-ring (bicyclic) bond motifs is 2. The maximum atomic E-state index is 13.0. The number of rotatable bonds is 6. The molecule has 0 bridgehead atoms. The third-order valence-corrected chi connectivity index (χ3v) is 6.09. The Bertz CT molecular complexity index is 1580. The molecule has 0 spiro atoms. The molecular formula is C25H24N4O4. The standard InChI is InChI=1S/C25H24N4O4/c1-32-10-9-29-24(30)19-11-15(7-8-21(19)28-25(29)31)16-12-18-20(14-27-23(18)26-13-16)17-5-3-4-6-22(17)33-2/h3-6,8,11-15H,7,9-10H2,1-2H3,(H,26,27)(H,28,31). The Labute approximate surface area is 188 Å². The lowest BCUT2D eigenvalue weighted by molar-refractivity contribution is 0.184. The van der Waals surface area contributed by atoms with E-state index in [1.807, 2.05) is 48.8 Å². The molecule has 1 aliphatic rings. The Kier molecular flexibility index (Phi) is 5.43. The van der Waals surface area contributed by atoms with Gasteiger partial charge in [-0.3, -0.25) is 9.36 Å². The first-order valence-electron chi connectivity index (χ1n) is 10.7. The van der Waals surface area contributed by atoms with E-state index in [0.717, 1.165) is 33.5 Å². The second kappa shape index (κ2) is 8.55. The van der Waals surface area contributed by atoms with E-state index in [9.17, 15) is 9.59 Å². The molecule has 0 radical (unpaired) electrons. The van der Waals surface area contributed by atoms with E-state index in [1.165, 1.54) is 11.7 Å². The first-order chi connectivity index (χ1) is 16.1. The van der Waals surface area contributed by atoms with Crippen molar-refractivity contribution >= 4 is 23.2 Å². The van der Waals surface area contributed by atoms with Gasteiger partial charge in [0.1, 0.15) is 11.4 Å². The Morgan fingerprint density at radius 3 is 2.85 bits per heavy atom. The molecule has 3 aromatic heterocycles. The zero-order valence-corrected chi connectivity index (χ0v) is 18.4. The molecule has 8 heteroatoms. The van der Waals surface area contributed by atoms with Crippen LogP contribution < -0.4 is 26.6 Å². The van der Waals surface area contributed by atoms with Crippen molar-refractivity contribution in [3.05, 3.63) is 79.7 Å². The van der Waals surface area contributed by atoms with Crippen molar-refractivity contribution in [2.45, 2.75) is 18.9 Å². The van der Waals surface area contributed by atoms with Crippen molar-refractivity contribution in [3.8, 4) is 16.9 Å². The van der Waals surface area contributed by atoms with E-state index in [4.69, 9.17) is 9.47 Å². The molecule has 0 saturated heterocycles. The second-order valence-electron chi connectivity index (χ2n) is 7.99. The third-order valence-electron chi connectivity index (χ3n) is 6.09. The number of aromatic amines is 2. The van der Waals surface area contributed by atoms with Crippen molar-refractivity contribution < 1.29 is 9.47 Å². The van der Waals surface area contributed by atoms with Gasteiger partial charge in [-0.05, 0) is 24.1 Å². The Morgan fingerprint density at radius 1 is 1.18 bits per heavy atom. The lowest BCUT2D eigenvalue weighted by atomic mass is 9.92. The number of hydrogen-bond acceptors (Lipinski definition) is 5. The van der Waals surface area contributed by atoms with Crippen LogP contribution >= 0.6 is 0 Å². The van der Waals surface area contributed by atoms with E-state index in [0.29, 0.717) is 17.0 Å². The highest BCUT2D eigenvalue weighted by Crippen LogP contribution is 2.36. The molecule has 4 aromatic rings. The summed E-state index contributed by atoms with van der Waals surface area (Å²) in [5.41, 5.74) is 3.03. The van der Waals surface area contributed by atoms with Crippen molar-refractivity contribution in [1.29, 1.82) is 0 Å². The molecule has 0 amide bonds. The van der Waals surface area contributed by atoms with Gasteiger partial charge in [-0.2, -0.15) is 0 Å². The number of pyridine rings is 1. The van der Waals surface area contributed by atoms with Crippen molar-refractivity contribution in [3.63, 3.8) is 0 Å². The van der Waals surface area contributed by atoms with Gasteiger partial charge < -0.3 is 19.4 Å². The lowest BCUT2D eigenvalue weighted by Gasteiger charge is -2.15. The molecule has 0 aliphatic heterocycles. The molecule has 1 aromatic carbocycles. The van der Waals surface area contributed by atoms with Crippen LogP contribution in [0.3, 0.4) is 0 Å². The molecule has 0 saturated carbocycles. The van der Waals surface area contributed by atoms with Gasteiger partial charge >= 0.3 is 5.69 Å². The smallest absolute Gasteiger partial charge is 0.328 e. The summed E-state index contributed by atoms with van der Waals surface area (Å²) in [6.45, 7) is 0.490. The SMILES string of the molecule is COCCn1c(=O)[nH]c2c(c1=O)=CC(c1cnc3[nH]cc(-c4ccccc4OC)c3c1)CC=2. The number of nitrogens with zero attached hydrogens (tertiary/aromatic N) is 2. The largest absolute Gasteiger partial charge is 0.496 e. The number of H-pyrrole nitrogens is 2. The van der Waals surface area contributed by atoms with Crippen LogP contribution in [-0.2, 0) is 11.3 Å². The van der Waals surface area contributed by atoms with Gasteiger partial charge in [0.2, 0.25) is 0 Å². The zero-order chi connectivity index (χ0) is 22.9. The summed E-state index contributed by atoms with van der Waals surface area (Å²) in [7, 11) is 3.20. The molecule has 33 heavy (non-hydrogen) atoms. The lowest BCUT2D eigenvalue weighted by Crippen LogP contribution is -2.55. The summed E-state index contributed by atoms with van der Waals surface area (Å²) in [5, 5.41) is 2.05. The number of hydrogen-bond donors (Lipinski definition) is 2. The molecule has 1 atom stereocenters. The van der Waals surface area contributed by atoms with Gasteiger partial charge in [0.25, 0.3) is 5.56 Å². The fourth-order valence-electron chi connectivity index (χ4n) is 4.37. The number of methoxy groups -OCH3 is 2. The van der Waals surface area contributed by atoms with Crippen LogP contribution in [0.15, 0.2) is 52.3 Å². The van der Waals surface area contributed by atoms with Crippen molar-refractivity contribution in [1.82, 2.24) is 19.5 Å². The predicted octanol–water partition coefficient (Wildman–Crippen LogP) is 1.48. The Morgan fingerprint density at radius 2 is 2.03 bits per heavy atom. The number of benzene rings is 1. The summed E-state index contributed by atoms with van der Waals surface area (Å²) < 4.78 is 11.8. The van der Waals surface area contributed by atoms with E-state index in [2.05, 4.69) is 21.0 Å². The fourth-order valence-corrected chi connectivity index (χ4v) is 4.37. The first kappa shape index (κ1) is 21.0. The highest BCUT2D eigenvalue weighted by Gasteiger charge is 2.17. The molecule has 3 heterocycles. The number of para-hydroxylation sites is 1. The van der Waals surface area contributed by atoms with E-state index >= 15 is 0 Å². The van der Waals surface area contributed by atoms with E-state index in [1.54, 1.807) is 7.11 Å². The Balaban J connectivity index is 1.61. The molecule has 5 rings (SSSR count). The summed E-state index contributed by atoms with van der Waals surface area (Å²) in [4.78, 5) is 36.0. The van der Waals surface area contributed by atoms with Gasteiger partial charge in [-0.1, -0.05) is 30.4 Å². The molecular weight excluding hydrogens is 420 g/mol. The normalized spacial score (nSPS) is 15.0. The molecule has 1 unspecified atom stereocenters. The van der Waals surface area contributed by atoms with Gasteiger partial charge in [0.05, 0.1) is 30.8 Å². The summed E-state index contributed by atoms with van der Waals surface area (Å²) >= 11 is 0. The third kappa shape index (κ3) is 3.68. The van der Waals surface area contributed by atoms with Crippen molar-refractivity contribution in [2.24, 2.45) is 0 Å². The molecule has 2 N–H and O–H groups in total. The molecule has 0 fully saturated rings. The second-order valence-corrected chi connectivity index (χ2v) is 7.99. The van der Waals surface area contributed by atoms with Gasteiger partial charge in [-0.25, -0.2) is 9.78 Å². The van der Waals surface area contributed by atoms with Crippen LogP contribution in [0.2, 0.25) is 0 Å². The maximum Gasteiger partial charge on any atom is 0.328 e. The monoisotopic (exact) mass is 444 g/mol. The molecule has 168 valence electrons. The van der Waals surface area contributed by atoms with E-state index in [-0.39, 0.29) is 24.6 Å². The minimum Gasteiger partial charge on any atom is -0.496 e. The minimum atomic E-state index is -0.421. The highest BCUT2D eigenvalue weighted by atomic mass is 16.5. The number of ether oxygens (including phenoxy) is 2. The average Bonchev–Trinajstić information content (AvgIpc) is 3.27. The first-order valence-corrected chi connectivity index (χ1v) is 10.7. The summed E-state index contributed by atoms with van der Waals surface area (Å²) in [6, 6.07) is 9.97. The van der Waals surface area contributed by atoms with Crippen molar-refractivity contribution in [2.75, 3.05) is 20.8 Å². The van der Waals surface area contributed by atoms with Crippen LogP contribution in [0.5, 0.6) is 5.75 Å².